The number of rotatable bonds is 11. The lowest BCUT2D eigenvalue weighted by Gasteiger charge is -2.27. The van der Waals surface area contributed by atoms with Crippen LogP contribution < -0.4 is 0 Å². The Hall–Kier alpha value is -1.06. The number of ether oxygens (including phenoxy) is 1. The summed E-state index contributed by atoms with van der Waals surface area (Å²) < 4.78 is 4.81. The van der Waals surface area contributed by atoms with Crippen LogP contribution in [0.2, 0.25) is 0 Å². The molecule has 1 rings (SSSR count). The zero-order valence-corrected chi connectivity index (χ0v) is 16.0. The summed E-state index contributed by atoms with van der Waals surface area (Å²) >= 11 is 0. The zero-order chi connectivity index (χ0) is 17.8. The first kappa shape index (κ1) is 21.0. The Labute approximate surface area is 148 Å². The average Bonchev–Trinajstić information content (AvgIpc) is 2.62. The van der Waals surface area contributed by atoms with E-state index in [-0.39, 0.29) is 17.8 Å². The van der Waals surface area contributed by atoms with Crippen LogP contribution in [-0.2, 0) is 14.3 Å². The van der Waals surface area contributed by atoms with Crippen LogP contribution in [0.5, 0.6) is 0 Å². The molecule has 4 nitrogen and oxygen atoms in total. The van der Waals surface area contributed by atoms with E-state index in [1.165, 1.54) is 52.1 Å². The van der Waals surface area contributed by atoms with Crippen LogP contribution in [0.4, 0.5) is 0 Å². The molecule has 1 saturated carbocycles. The van der Waals surface area contributed by atoms with Crippen molar-refractivity contribution in [2.45, 2.75) is 84.5 Å². The summed E-state index contributed by atoms with van der Waals surface area (Å²) in [6.45, 7) is 5.29. The molecule has 4 heteroatoms. The third-order valence-electron chi connectivity index (χ3n) is 5.22. The standard InChI is InChI=1S/C20H37NO3/c1-4-5-6-10-15-21(16-17(2)20(23)24-3)19(22)14-13-18-11-8-7-9-12-18/h17-18H,4-16H2,1-3H3. The van der Waals surface area contributed by atoms with E-state index < -0.39 is 0 Å². The van der Waals surface area contributed by atoms with Gasteiger partial charge in [-0.05, 0) is 18.8 Å². The van der Waals surface area contributed by atoms with E-state index in [0.29, 0.717) is 13.0 Å². The molecule has 140 valence electrons. The fourth-order valence-corrected chi connectivity index (χ4v) is 3.62. The Balaban J connectivity index is 2.47. The second-order valence-electron chi connectivity index (χ2n) is 7.37. The Bertz CT molecular complexity index is 364. The monoisotopic (exact) mass is 339 g/mol. The highest BCUT2D eigenvalue weighted by Gasteiger charge is 2.22. The van der Waals surface area contributed by atoms with E-state index in [1.54, 1.807) is 0 Å². The van der Waals surface area contributed by atoms with Gasteiger partial charge in [-0.25, -0.2) is 0 Å². The summed E-state index contributed by atoms with van der Waals surface area (Å²) in [5.74, 6) is 0.462. The third kappa shape index (κ3) is 8.16. The highest BCUT2D eigenvalue weighted by atomic mass is 16.5. The summed E-state index contributed by atoms with van der Waals surface area (Å²) in [5.41, 5.74) is 0. The van der Waals surface area contributed by atoms with Crippen LogP contribution in [0.1, 0.15) is 84.5 Å². The second-order valence-corrected chi connectivity index (χ2v) is 7.37. The van der Waals surface area contributed by atoms with Crippen molar-refractivity contribution in [1.82, 2.24) is 4.90 Å². The predicted octanol–water partition coefficient (Wildman–Crippen LogP) is 4.56. The first-order valence-corrected chi connectivity index (χ1v) is 9.94. The molecule has 24 heavy (non-hydrogen) atoms. The van der Waals surface area contributed by atoms with Gasteiger partial charge >= 0.3 is 5.97 Å². The molecule has 0 aromatic rings. The van der Waals surface area contributed by atoms with Crippen molar-refractivity contribution < 1.29 is 14.3 Å². The molecule has 1 amide bonds. The van der Waals surface area contributed by atoms with Crippen LogP contribution in [-0.4, -0.2) is 37.0 Å². The van der Waals surface area contributed by atoms with Crippen molar-refractivity contribution >= 4 is 11.9 Å². The number of methoxy groups -OCH3 is 1. The number of carbonyl (C=O) groups excluding carboxylic acids is 2. The normalized spacial score (nSPS) is 16.6. The first-order chi connectivity index (χ1) is 11.6. The van der Waals surface area contributed by atoms with Gasteiger partial charge in [-0.15, -0.1) is 0 Å². The maximum Gasteiger partial charge on any atom is 0.310 e. The van der Waals surface area contributed by atoms with E-state index in [4.69, 9.17) is 4.74 Å². The van der Waals surface area contributed by atoms with Gasteiger partial charge in [0.15, 0.2) is 0 Å². The van der Waals surface area contributed by atoms with E-state index in [9.17, 15) is 9.59 Å². The number of carbonyl (C=O) groups is 2. The minimum atomic E-state index is -0.250. The van der Waals surface area contributed by atoms with Crippen LogP contribution >= 0.6 is 0 Å². The Morgan fingerprint density at radius 1 is 1.12 bits per heavy atom. The molecule has 1 aliphatic carbocycles. The predicted molar refractivity (Wildman–Crippen MR) is 97.7 cm³/mol. The van der Waals surface area contributed by atoms with Crippen molar-refractivity contribution in [2.75, 3.05) is 20.2 Å². The van der Waals surface area contributed by atoms with Crippen LogP contribution in [0.25, 0.3) is 0 Å². The summed E-state index contributed by atoms with van der Waals surface area (Å²) in [6, 6.07) is 0. The zero-order valence-electron chi connectivity index (χ0n) is 16.0. The number of esters is 1. The third-order valence-corrected chi connectivity index (χ3v) is 5.22. The Morgan fingerprint density at radius 2 is 1.83 bits per heavy atom. The minimum absolute atomic E-state index is 0.216. The van der Waals surface area contributed by atoms with Crippen molar-refractivity contribution in [2.24, 2.45) is 11.8 Å². The van der Waals surface area contributed by atoms with Crippen LogP contribution in [0, 0.1) is 11.8 Å². The Morgan fingerprint density at radius 3 is 2.46 bits per heavy atom. The van der Waals surface area contributed by atoms with Crippen molar-refractivity contribution in [3.63, 3.8) is 0 Å². The number of amides is 1. The lowest BCUT2D eigenvalue weighted by Crippen LogP contribution is -2.38. The second kappa shape index (κ2) is 12.3. The molecule has 0 heterocycles. The molecule has 0 radical (unpaired) electrons. The van der Waals surface area contributed by atoms with Gasteiger partial charge in [-0.3, -0.25) is 9.59 Å². The van der Waals surface area contributed by atoms with Crippen molar-refractivity contribution in [3.8, 4) is 0 Å². The molecule has 0 aromatic carbocycles. The number of hydrogen-bond donors (Lipinski definition) is 0. The summed E-state index contributed by atoms with van der Waals surface area (Å²) in [6.07, 6.45) is 12.8. The van der Waals surface area contributed by atoms with Gasteiger partial charge in [-0.1, -0.05) is 65.2 Å². The molecule has 0 bridgehead atoms. The molecule has 0 spiro atoms. The molecule has 1 unspecified atom stereocenters. The quantitative estimate of drug-likeness (QED) is 0.409. The highest BCUT2D eigenvalue weighted by molar-refractivity contribution is 5.78. The summed E-state index contributed by atoms with van der Waals surface area (Å²) in [4.78, 5) is 26.3. The maximum atomic E-state index is 12.7. The van der Waals surface area contributed by atoms with E-state index in [2.05, 4.69) is 6.92 Å². The van der Waals surface area contributed by atoms with E-state index in [0.717, 1.165) is 31.7 Å². The first-order valence-electron chi connectivity index (χ1n) is 9.94. The smallest absolute Gasteiger partial charge is 0.310 e. The average molecular weight is 340 g/mol. The van der Waals surface area contributed by atoms with Gasteiger partial charge in [-0.2, -0.15) is 0 Å². The van der Waals surface area contributed by atoms with Gasteiger partial charge in [0.25, 0.3) is 0 Å². The van der Waals surface area contributed by atoms with Gasteiger partial charge in [0.1, 0.15) is 0 Å². The topological polar surface area (TPSA) is 46.6 Å². The largest absolute Gasteiger partial charge is 0.469 e. The van der Waals surface area contributed by atoms with E-state index in [1.807, 2.05) is 11.8 Å². The lowest BCUT2D eigenvalue weighted by molar-refractivity contribution is -0.146. The molecule has 1 aliphatic rings. The van der Waals surface area contributed by atoms with Crippen LogP contribution in [0.3, 0.4) is 0 Å². The summed E-state index contributed by atoms with van der Waals surface area (Å²) in [5, 5.41) is 0. The molecule has 0 N–H and O–H groups in total. The molecule has 1 atom stereocenters. The lowest BCUT2D eigenvalue weighted by atomic mass is 9.86. The molecular formula is C20H37NO3. The van der Waals surface area contributed by atoms with Gasteiger partial charge in [0.2, 0.25) is 5.91 Å². The fraction of sp³-hybridized carbons (Fsp3) is 0.900. The SMILES string of the molecule is CCCCCCN(CC(C)C(=O)OC)C(=O)CCC1CCCCC1. The molecule has 0 aromatic heterocycles. The van der Waals surface area contributed by atoms with Crippen LogP contribution in [0.15, 0.2) is 0 Å². The minimum Gasteiger partial charge on any atom is -0.469 e. The molecule has 0 aliphatic heterocycles. The maximum absolute atomic E-state index is 12.7. The van der Waals surface area contributed by atoms with Crippen molar-refractivity contribution in [1.29, 1.82) is 0 Å². The van der Waals surface area contributed by atoms with E-state index >= 15 is 0 Å². The molecular weight excluding hydrogens is 302 g/mol. The van der Waals surface area contributed by atoms with Crippen molar-refractivity contribution in [3.05, 3.63) is 0 Å². The van der Waals surface area contributed by atoms with Gasteiger partial charge in [0, 0.05) is 19.5 Å². The number of hydrogen-bond acceptors (Lipinski definition) is 3. The fourth-order valence-electron chi connectivity index (χ4n) is 3.62. The summed E-state index contributed by atoms with van der Waals surface area (Å²) in [7, 11) is 1.41. The number of unbranched alkanes of at least 4 members (excludes halogenated alkanes) is 3. The van der Waals surface area contributed by atoms with Gasteiger partial charge in [0.05, 0.1) is 13.0 Å². The van der Waals surface area contributed by atoms with Gasteiger partial charge < -0.3 is 9.64 Å². The molecule has 1 fully saturated rings. The number of nitrogens with zero attached hydrogens (tertiary/aromatic N) is 1. The molecule has 0 saturated heterocycles. The Kier molecular flexibility index (Phi) is 10.8. The highest BCUT2D eigenvalue weighted by Crippen LogP contribution is 2.27.